The van der Waals surface area contributed by atoms with E-state index in [4.69, 9.17) is 16.6 Å². The number of halogens is 1. The van der Waals surface area contributed by atoms with Gasteiger partial charge in [0, 0.05) is 55.7 Å². The minimum atomic E-state index is 0.628. The van der Waals surface area contributed by atoms with E-state index in [-0.39, 0.29) is 0 Å². The third kappa shape index (κ3) is 4.34. The van der Waals surface area contributed by atoms with Crippen molar-refractivity contribution in [3.05, 3.63) is 71.0 Å². The van der Waals surface area contributed by atoms with Gasteiger partial charge in [-0.15, -0.1) is 0 Å². The van der Waals surface area contributed by atoms with Gasteiger partial charge in [-0.1, -0.05) is 35.9 Å². The smallest absolute Gasteiger partial charge is 0.227 e. The first-order chi connectivity index (χ1) is 13.7. The van der Waals surface area contributed by atoms with Gasteiger partial charge in [-0.05, 0) is 30.7 Å². The molecule has 1 fully saturated rings. The molecule has 0 aliphatic carbocycles. The van der Waals surface area contributed by atoms with E-state index in [2.05, 4.69) is 31.2 Å². The number of hydrogen-bond donors (Lipinski definition) is 1. The lowest BCUT2D eigenvalue weighted by Crippen LogP contribution is -2.47. The van der Waals surface area contributed by atoms with Gasteiger partial charge < -0.3 is 15.1 Å². The highest BCUT2D eigenvalue weighted by Crippen LogP contribution is 2.20. The summed E-state index contributed by atoms with van der Waals surface area (Å²) in [5.74, 6) is 2.60. The maximum Gasteiger partial charge on any atom is 0.227 e. The number of nitrogens with one attached hydrogen (secondary N) is 1. The van der Waals surface area contributed by atoms with E-state index in [0.29, 0.717) is 6.54 Å². The molecule has 3 aromatic rings. The predicted octanol–water partition coefficient (Wildman–Crippen LogP) is 3.77. The fourth-order valence-corrected chi connectivity index (χ4v) is 3.49. The lowest BCUT2D eigenvalue weighted by atomic mass is 10.2. The summed E-state index contributed by atoms with van der Waals surface area (Å²) < 4.78 is 0. The van der Waals surface area contributed by atoms with E-state index in [1.807, 2.05) is 55.6 Å². The van der Waals surface area contributed by atoms with Crippen LogP contribution in [0.5, 0.6) is 0 Å². The summed E-state index contributed by atoms with van der Waals surface area (Å²) >= 11 is 6.25. The molecule has 1 N–H and O–H groups in total. The molecule has 144 valence electrons. The molecule has 7 heteroatoms. The number of benzene rings is 1. The number of pyridine rings is 1. The summed E-state index contributed by atoms with van der Waals surface area (Å²) in [6, 6.07) is 15.8. The number of anilines is 3. The van der Waals surface area contributed by atoms with Gasteiger partial charge >= 0.3 is 0 Å². The van der Waals surface area contributed by atoms with Crippen LogP contribution in [-0.4, -0.2) is 41.1 Å². The Morgan fingerprint density at radius 3 is 2.46 bits per heavy atom. The average Bonchev–Trinajstić information content (AvgIpc) is 2.74. The standard InChI is InChI=1S/C21H23ClN6/c1-16-14-19(24-15-17-6-2-3-7-18(17)22)26-21(25-16)28-12-10-27(11-13-28)20-8-4-5-9-23-20/h2-9,14H,10-13,15H2,1H3,(H,24,25,26). The third-order valence-electron chi connectivity index (χ3n) is 4.80. The Kier molecular flexibility index (Phi) is 5.58. The molecule has 0 atom stereocenters. The maximum absolute atomic E-state index is 6.25. The van der Waals surface area contributed by atoms with Crippen molar-refractivity contribution >= 4 is 29.2 Å². The average molecular weight is 395 g/mol. The molecule has 0 unspecified atom stereocenters. The fraction of sp³-hybridized carbons (Fsp3) is 0.286. The topological polar surface area (TPSA) is 57.2 Å². The van der Waals surface area contributed by atoms with Crippen molar-refractivity contribution in [3.63, 3.8) is 0 Å². The molecule has 0 radical (unpaired) electrons. The molecule has 4 rings (SSSR count). The van der Waals surface area contributed by atoms with E-state index >= 15 is 0 Å². The van der Waals surface area contributed by atoms with Crippen LogP contribution in [-0.2, 0) is 6.54 Å². The molecule has 3 heterocycles. The summed E-state index contributed by atoms with van der Waals surface area (Å²) in [4.78, 5) is 18.3. The Hall–Kier alpha value is -2.86. The minimum Gasteiger partial charge on any atom is -0.366 e. The molecule has 1 saturated heterocycles. The number of aryl methyl sites for hydroxylation is 1. The van der Waals surface area contributed by atoms with Crippen molar-refractivity contribution in [1.29, 1.82) is 0 Å². The fourth-order valence-electron chi connectivity index (χ4n) is 3.29. The first-order valence-corrected chi connectivity index (χ1v) is 9.81. The number of nitrogens with zero attached hydrogens (tertiary/aromatic N) is 5. The second kappa shape index (κ2) is 8.44. The Bertz CT molecular complexity index is 925. The molecule has 6 nitrogen and oxygen atoms in total. The van der Waals surface area contributed by atoms with E-state index in [0.717, 1.165) is 60.0 Å². The zero-order valence-electron chi connectivity index (χ0n) is 15.8. The molecule has 2 aromatic heterocycles. The van der Waals surface area contributed by atoms with Crippen LogP contribution in [0, 0.1) is 6.92 Å². The molecule has 0 spiro atoms. The first kappa shape index (κ1) is 18.5. The summed E-state index contributed by atoms with van der Waals surface area (Å²) in [5, 5.41) is 4.13. The second-order valence-corrected chi connectivity index (χ2v) is 7.21. The normalized spacial score (nSPS) is 14.2. The van der Waals surface area contributed by atoms with Crippen molar-refractivity contribution in [2.45, 2.75) is 13.5 Å². The zero-order chi connectivity index (χ0) is 19.3. The van der Waals surface area contributed by atoms with Crippen LogP contribution in [0.25, 0.3) is 0 Å². The number of aromatic nitrogens is 3. The SMILES string of the molecule is Cc1cc(NCc2ccccc2Cl)nc(N2CCN(c3ccccn3)CC2)n1. The summed E-state index contributed by atoms with van der Waals surface area (Å²) in [7, 11) is 0. The van der Waals surface area contributed by atoms with Gasteiger partial charge in [-0.3, -0.25) is 0 Å². The molecule has 1 aromatic carbocycles. The van der Waals surface area contributed by atoms with Crippen molar-refractivity contribution in [2.75, 3.05) is 41.3 Å². The van der Waals surface area contributed by atoms with Crippen LogP contribution in [0.3, 0.4) is 0 Å². The van der Waals surface area contributed by atoms with E-state index in [1.54, 1.807) is 0 Å². The largest absolute Gasteiger partial charge is 0.366 e. The molecule has 0 bridgehead atoms. The van der Waals surface area contributed by atoms with Gasteiger partial charge in [0.05, 0.1) is 0 Å². The van der Waals surface area contributed by atoms with E-state index in [9.17, 15) is 0 Å². The van der Waals surface area contributed by atoms with Gasteiger partial charge in [0.15, 0.2) is 0 Å². The van der Waals surface area contributed by atoms with Gasteiger partial charge in [-0.25, -0.2) is 9.97 Å². The number of hydrogen-bond acceptors (Lipinski definition) is 6. The van der Waals surface area contributed by atoms with E-state index < -0.39 is 0 Å². The minimum absolute atomic E-state index is 0.628. The van der Waals surface area contributed by atoms with Gasteiger partial charge in [-0.2, -0.15) is 4.98 Å². The third-order valence-corrected chi connectivity index (χ3v) is 5.16. The molecular weight excluding hydrogens is 372 g/mol. The van der Waals surface area contributed by atoms with Crippen LogP contribution in [0.4, 0.5) is 17.6 Å². The summed E-state index contributed by atoms with van der Waals surface area (Å²) in [6.07, 6.45) is 1.84. The van der Waals surface area contributed by atoms with Crippen LogP contribution in [0.2, 0.25) is 5.02 Å². The monoisotopic (exact) mass is 394 g/mol. The van der Waals surface area contributed by atoms with Crippen molar-refractivity contribution < 1.29 is 0 Å². The highest BCUT2D eigenvalue weighted by Gasteiger charge is 2.20. The second-order valence-electron chi connectivity index (χ2n) is 6.80. The highest BCUT2D eigenvalue weighted by atomic mass is 35.5. The predicted molar refractivity (Wildman–Crippen MR) is 114 cm³/mol. The zero-order valence-corrected chi connectivity index (χ0v) is 16.6. The summed E-state index contributed by atoms with van der Waals surface area (Å²) in [6.45, 7) is 6.15. The molecular formula is C21H23ClN6. The van der Waals surface area contributed by atoms with Crippen molar-refractivity contribution in [2.24, 2.45) is 0 Å². The van der Waals surface area contributed by atoms with Crippen LogP contribution in [0.1, 0.15) is 11.3 Å². The lowest BCUT2D eigenvalue weighted by Gasteiger charge is -2.35. The number of piperazine rings is 1. The molecule has 0 saturated carbocycles. The van der Waals surface area contributed by atoms with Crippen molar-refractivity contribution in [1.82, 2.24) is 15.0 Å². The lowest BCUT2D eigenvalue weighted by molar-refractivity contribution is 0.634. The van der Waals surface area contributed by atoms with Crippen LogP contribution in [0.15, 0.2) is 54.7 Å². The molecule has 1 aliphatic rings. The molecule has 1 aliphatic heterocycles. The van der Waals surface area contributed by atoms with Crippen LogP contribution >= 0.6 is 11.6 Å². The van der Waals surface area contributed by atoms with Gasteiger partial charge in [0.1, 0.15) is 11.6 Å². The highest BCUT2D eigenvalue weighted by molar-refractivity contribution is 6.31. The Labute approximate surface area is 170 Å². The Morgan fingerprint density at radius 1 is 0.964 bits per heavy atom. The Balaban J connectivity index is 1.42. The summed E-state index contributed by atoms with van der Waals surface area (Å²) in [5.41, 5.74) is 1.99. The van der Waals surface area contributed by atoms with Gasteiger partial charge in [0.25, 0.3) is 0 Å². The molecule has 0 amide bonds. The number of rotatable bonds is 5. The van der Waals surface area contributed by atoms with Gasteiger partial charge in [0.2, 0.25) is 5.95 Å². The van der Waals surface area contributed by atoms with E-state index in [1.165, 1.54) is 0 Å². The first-order valence-electron chi connectivity index (χ1n) is 9.43. The maximum atomic E-state index is 6.25. The molecule has 28 heavy (non-hydrogen) atoms. The van der Waals surface area contributed by atoms with Crippen LogP contribution < -0.4 is 15.1 Å². The van der Waals surface area contributed by atoms with Crippen molar-refractivity contribution in [3.8, 4) is 0 Å². The quantitative estimate of drug-likeness (QED) is 0.710. The Morgan fingerprint density at radius 2 is 1.71 bits per heavy atom.